The SMILES string of the molecule is C[C@@H](Sc1ncnc2sc3c(c12)CCCC3)c1nc2ccccc2c(=O)[nH]1. The van der Waals surface area contributed by atoms with Gasteiger partial charge < -0.3 is 4.98 Å². The minimum absolute atomic E-state index is 0.0143. The van der Waals surface area contributed by atoms with Crippen molar-refractivity contribution in [2.45, 2.75) is 42.9 Å². The molecule has 4 aromatic rings. The minimum Gasteiger partial charge on any atom is -0.309 e. The van der Waals surface area contributed by atoms with Gasteiger partial charge in [0.2, 0.25) is 0 Å². The number of hydrogen-bond donors (Lipinski definition) is 1. The standard InChI is InChI=1S/C20H18N4OS2/c1-11(17-23-14-8-4-2-6-12(14)18(25)24-17)26-19-16-13-7-3-5-9-15(13)27-20(16)22-10-21-19/h2,4,6,8,10-11H,3,5,7,9H2,1H3,(H,23,24,25)/t11-/m1/s1. The highest BCUT2D eigenvalue weighted by Gasteiger charge is 2.22. The van der Waals surface area contributed by atoms with E-state index in [2.05, 4.69) is 26.9 Å². The van der Waals surface area contributed by atoms with Crippen LogP contribution in [0.25, 0.3) is 21.1 Å². The fraction of sp³-hybridized carbons (Fsp3) is 0.300. The first-order chi connectivity index (χ1) is 13.2. The molecule has 0 amide bonds. The van der Waals surface area contributed by atoms with Gasteiger partial charge in [-0.05, 0) is 50.3 Å². The van der Waals surface area contributed by atoms with Crippen LogP contribution in [-0.2, 0) is 12.8 Å². The zero-order valence-corrected chi connectivity index (χ0v) is 16.5. The molecule has 0 spiro atoms. The number of hydrogen-bond acceptors (Lipinski definition) is 6. The molecule has 1 N–H and O–H groups in total. The molecular weight excluding hydrogens is 376 g/mol. The lowest BCUT2D eigenvalue weighted by Gasteiger charge is -2.14. The molecule has 0 saturated carbocycles. The lowest BCUT2D eigenvalue weighted by molar-refractivity contribution is 0.699. The molecule has 0 fully saturated rings. The van der Waals surface area contributed by atoms with E-state index in [0.29, 0.717) is 11.2 Å². The number of H-pyrrole nitrogens is 1. The number of para-hydroxylation sites is 1. The normalized spacial score (nSPS) is 15.1. The van der Waals surface area contributed by atoms with Gasteiger partial charge in [0, 0.05) is 10.3 Å². The van der Waals surface area contributed by atoms with E-state index < -0.39 is 0 Å². The average Bonchev–Trinajstić information content (AvgIpc) is 3.07. The van der Waals surface area contributed by atoms with Crippen LogP contribution in [0.5, 0.6) is 0 Å². The number of fused-ring (bicyclic) bond motifs is 4. The van der Waals surface area contributed by atoms with E-state index in [1.807, 2.05) is 18.2 Å². The predicted octanol–water partition coefficient (Wildman–Crippen LogP) is 4.66. The van der Waals surface area contributed by atoms with Crippen molar-refractivity contribution in [3.05, 3.63) is 57.2 Å². The van der Waals surface area contributed by atoms with Crippen molar-refractivity contribution < 1.29 is 0 Å². The smallest absolute Gasteiger partial charge is 0.258 e. The molecule has 5 rings (SSSR count). The maximum Gasteiger partial charge on any atom is 0.258 e. The maximum atomic E-state index is 12.4. The molecular formula is C20H18N4OS2. The van der Waals surface area contributed by atoms with Gasteiger partial charge in [-0.25, -0.2) is 15.0 Å². The van der Waals surface area contributed by atoms with Crippen molar-refractivity contribution in [3.63, 3.8) is 0 Å². The number of benzene rings is 1. The molecule has 0 radical (unpaired) electrons. The Hall–Kier alpha value is -2.25. The summed E-state index contributed by atoms with van der Waals surface area (Å²) in [5.74, 6) is 0.680. The number of aromatic nitrogens is 4. The Labute approximate surface area is 164 Å². The Morgan fingerprint density at radius 1 is 1.19 bits per heavy atom. The monoisotopic (exact) mass is 394 g/mol. The molecule has 1 aliphatic rings. The van der Waals surface area contributed by atoms with Gasteiger partial charge in [-0.1, -0.05) is 23.9 Å². The lowest BCUT2D eigenvalue weighted by atomic mass is 9.97. The molecule has 1 atom stereocenters. The zero-order chi connectivity index (χ0) is 18.4. The summed E-state index contributed by atoms with van der Waals surface area (Å²) in [6, 6.07) is 7.44. The molecule has 0 saturated heterocycles. The van der Waals surface area contributed by atoms with E-state index >= 15 is 0 Å². The van der Waals surface area contributed by atoms with Crippen molar-refractivity contribution in [1.82, 2.24) is 19.9 Å². The van der Waals surface area contributed by atoms with Gasteiger partial charge in [-0.3, -0.25) is 4.79 Å². The van der Waals surface area contributed by atoms with Crippen LogP contribution in [0.4, 0.5) is 0 Å². The van der Waals surface area contributed by atoms with Crippen molar-refractivity contribution in [3.8, 4) is 0 Å². The highest BCUT2D eigenvalue weighted by molar-refractivity contribution is 7.99. The second-order valence-electron chi connectivity index (χ2n) is 6.80. The quantitative estimate of drug-likeness (QED) is 0.404. The molecule has 1 aromatic carbocycles. The van der Waals surface area contributed by atoms with Crippen LogP contribution in [-0.4, -0.2) is 19.9 Å². The summed E-state index contributed by atoms with van der Waals surface area (Å²) in [6.45, 7) is 2.06. The molecule has 27 heavy (non-hydrogen) atoms. The van der Waals surface area contributed by atoms with Crippen LogP contribution in [0.1, 0.15) is 41.3 Å². The molecule has 0 unspecified atom stereocenters. The van der Waals surface area contributed by atoms with E-state index in [0.717, 1.165) is 28.2 Å². The average molecular weight is 395 g/mol. The first kappa shape index (κ1) is 16.9. The molecule has 7 heteroatoms. The van der Waals surface area contributed by atoms with Gasteiger partial charge in [0.25, 0.3) is 5.56 Å². The number of nitrogens with zero attached hydrogens (tertiary/aromatic N) is 3. The van der Waals surface area contributed by atoms with Gasteiger partial charge in [0.05, 0.1) is 16.2 Å². The van der Waals surface area contributed by atoms with Crippen molar-refractivity contribution in [2.75, 3.05) is 0 Å². The summed E-state index contributed by atoms with van der Waals surface area (Å²) < 4.78 is 0. The van der Waals surface area contributed by atoms with Crippen molar-refractivity contribution in [1.29, 1.82) is 0 Å². The largest absolute Gasteiger partial charge is 0.309 e. The topological polar surface area (TPSA) is 71.5 Å². The fourth-order valence-electron chi connectivity index (χ4n) is 3.67. The van der Waals surface area contributed by atoms with Crippen molar-refractivity contribution >= 4 is 44.2 Å². The van der Waals surface area contributed by atoms with Gasteiger partial charge in [-0.15, -0.1) is 11.3 Å². The van der Waals surface area contributed by atoms with Crippen LogP contribution in [0, 0.1) is 0 Å². The van der Waals surface area contributed by atoms with Gasteiger partial charge in [0.1, 0.15) is 22.0 Å². The Morgan fingerprint density at radius 3 is 2.96 bits per heavy atom. The third kappa shape index (κ3) is 2.95. The van der Waals surface area contributed by atoms with Gasteiger partial charge >= 0.3 is 0 Å². The summed E-state index contributed by atoms with van der Waals surface area (Å²) in [5.41, 5.74) is 2.06. The van der Waals surface area contributed by atoms with E-state index in [-0.39, 0.29) is 10.8 Å². The first-order valence-electron chi connectivity index (χ1n) is 9.11. The third-order valence-electron chi connectivity index (χ3n) is 5.02. The van der Waals surface area contributed by atoms with Crippen LogP contribution in [0.15, 0.2) is 40.4 Å². The van der Waals surface area contributed by atoms with Crippen LogP contribution in [0.3, 0.4) is 0 Å². The number of thiophene rings is 1. The Balaban J connectivity index is 1.55. The number of thioether (sulfide) groups is 1. The number of aromatic amines is 1. The van der Waals surface area contributed by atoms with E-state index in [1.165, 1.54) is 28.7 Å². The summed E-state index contributed by atoms with van der Waals surface area (Å²) in [6.07, 6.45) is 6.39. The second kappa shape index (κ2) is 6.73. The van der Waals surface area contributed by atoms with E-state index in [1.54, 1.807) is 35.5 Å². The Bertz CT molecular complexity index is 1210. The fourth-order valence-corrected chi connectivity index (χ4v) is 5.97. The molecule has 3 heterocycles. The lowest BCUT2D eigenvalue weighted by Crippen LogP contribution is -2.12. The molecule has 0 aliphatic heterocycles. The summed E-state index contributed by atoms with van der Waals surface area (Å²) >= 11 is 3.45. The molecule has 3 aromatic heterocycles. The van der Waals surface area contributed by atoms with Crippen LogP contribution in [0.2, 0.25) is 0 Å². The van der Waals surface area contributed by atoms with E-state index in [9.17, 15) is 4.79 Å². The summed E-state index contributed by atoms with van der Waals surface area (Å²) in [5, 5.41) is 2.80. The minimum atomic E-state index is -0.0937. The summed E-state index contributed by atoms with van der Waals surface area (Å²) in [7, 11) is 0. The van der Waals surface area contributed by atoms with E-state index in [4.69, 9.17) is 0 Å². The second-order valence-corrected chi connectivity index (χ2v) is 9.21. The van der Waals surface area contributed by atoms with Gasteiger partial charge in [-0.2, -0.15) is 0 Å². The van der Waals surface area contributed by atoms with Crippen molar-refractivity contribution in [2.24, 2.45) is 0 Å². The Kier molecular flexibility index (Phi) is 4.21. The van der Waals surface area contributed by atoms with Gasteiger partial charge in [0.15, 0.2) is 0 Å². The van der Waals surface area contributed by atoms with Crippen LogP contribution >= 0.6 is 23.1 Å². The molecule has 0 bridgehead atoms. The number of nitrogens with one attached hydrogen (secondary N) is 1. The highest BCUT2D eigenvalue weighted by atomic mass is 32.2. The highest BCUT2D eigenvalue weighted by Crippen LogP contribution is 2.42. The van der Waals surface area contributed by atoms with Crippen LogP contribution < -0.4 is 5.56 Å². The third-order valence-corrected chi connectivity index (χ3v) is 7.33. The predicted molar refractivity (Wildman–Crippen MR) is 111 cm³/mol. The molecule has 1 aliphatic carbocycles. The Morgan fingerprint density at radius 2 is 2.04 bits per heavy atom. The summed E-state index contributed by atoms with van der Waals surface area (Å²) in [4.78, 5) is 31.6. The first-order valence-corrected chi connectivity index (χ1v) is 10.8. The maximum absolute atomic E-state index is 12.4. The number of aryl methyl sites for hydroxylation is 2. The number of rotatable bonds is 3. The molecule has 5 nitrogen and oxygen atoms in total. The zero-order valence-electron chi connectivity index (χ0n) is 14.9. The molecule has 136 valence electrons.